The van der Waals surface area contributed by atoms with Gasteiger partial charge in [0.2, 0.25) is 10.0 Å². The minimum atomic E-state index is -4.28. The van der Waals surface area contributed by atoms with Crippen molar-refractivity contribution in [1.82, 2.24) is 14.5 Å². The van der Waals surface area contributed by atoms with Gasteiger partial charge in [-0.15, -0.1) is 0 Å². The van der Waals surface area contributed by atoms with Crippen molar-refractivity contribution in [1.29, 1.82) is 0 Å². The lowest BCUT2D eigenvalue weighted by atomic mass is 9.99. The van der Waals surface area contributed by atoms with Gasteiger partial charge in [0.15, 0.2) is 6.35 Å². The number of aliphatic hydroxyl groups is 1. The van der Waals surface area contributed by atoms with Gasteiger partial charge < -0.3 is 44.6 Å². The average molecular weight is 820 g/mol. The van der Waals surface area contributed by atoms with Crippen LogP contribution in [0.5, 0.6) is 11.5 Å². The third kappa shape index (κ3) is 19.9. The summed E-state index contributed by atoms with van der Waals surface area (Å²) >= 11 is 0. The van der Waals surface area contributed by atoms with Crippen LogP contribution in [0.2, 0.25) is 0 Å². The molecule has 18 heteroatoms. The van der Waals surface area contributed by atoms with Crippen molar-refractivity contribution < 1.29 is 61.9 Å². The number of sulfonamides is 1. The Morgan fingerprint density at radius 2 is 1.71 bits per heavy atom. The standard InChI is InChI=1S/C26H38N3O9PS.C6H12O2.C3H6O2.C2H6/c1-19(2)15-29(40(35,36)25-8-6-23(37-3)7-9-25)13-11-22(27-26(30)31)17-28-12-10-20-14-24(5-4-21(20)16-28)38-18-39(32,33)34;7-3-1-6-2-4-8-5-6;1-2-3(4)5;1-2/h4-9,14,19,22,27H,10-13,15-18H2,1-3H3,(H,30,31)(H2,32,33,34);6-7H,1-5H2;2H2,1H3,(H,4,5);1-2H3/t22-;6-;;/m10../s1. The summed E-state index contributed by atoms with van der Waals surface area (Å²) in [4.78, 5) is 41.3. The van der Waals surface area contributed by atoms with Gasteiger partial charge in [-0.25, -0.2) is 13.2 Å². The zero-order valence-electron chi connectivity index (χ0n) is 32.9. The molecule has 2 aliphatic rings. The second-order valence-corrected chi connectivity index (χ2v) is 16.7. The summed E-state index contributed by atoms with van der Waals surface area (Å²) in [5.41, 5.74) is 2.00. The minimum absolute atomic E-state index is 0.0630. The van der Waals surface area contributed by atoms with Crippen molar-refractivity contribution in [3.8, 4) is 11.5 Å². The Labute approximate surface area is 326 Å². The number of ether oxygens (including phenoxy) is 3. The number of carboxylic acid groups (broad SMARTS) is 2. The highest BCUT2D eigenvalue weighted by Crippen LogP contribution is 2.35. The maximum absolute atomic E-state index is 13.4. The normalized spacial score (nSPS) is 15.9. The highest BCUT2D eigenvalue weighted by molar-refractivity contribution is 7.89. The molecule has 0 bridgehead atoms. The van der Waals surface area contributed by atoms with Gasteiger partial charge in [-0.05, 0) is 85.0 Å². The van der Waals surface area contributed by atoms with Crippen molar-refractivity contribution in [3.05, 3.63) is 53.6 Å². The number of hydrogen-bond donors (Lipinski definition) is 6. The van der Waals surface area contributed by atoms with Crippen molar-refractivity contribution in [3.63, 3.8) is 0 Å². The highest BCUT2D eigenvalue weighted by atomic mass is 32.2. The zero-order valence-corrected chi connectivity index (χ0v) is 34.6. The van der Waals surface area contributed by atoms with Gasteiger partial charge >= 0.3 is 19.7 Å². The highest BCUT2D eigenvalue weighted by Gasteiger charge is 2.28. The number of fused-ring (bicyclic) bond motifs is 1. The summed E-state index contributed by atoms with van der Waals surface area (Å²) in [6, 6.07) is 10.9. The molecule has 0 aliphatic carbocycles. The Kier molecular flexibility index (Phi) is 23.3. The summed E-state index contributed by atoms with van der Waals surface area (Å²) in [6.45, 7) is 13.5. The maximum atomic E-state index is 13.4. The van der Waals surface area contributed by atoms with Gasteiger partial charge in [-0.2, -0.15) is 4.31 Å². The van der Waals surface area contributed by atoms with Crippen molar-refractivity contribution >= 4 is 29.7 Å². The predicted molar refractivity (Wildman–Crippen MR) is 209 cm³/mol. The Morgan fingerprint density at radius 1 is 1.07 bits per heavy atom. The van der Waals surface area contributed by atoms with Gasteiger partial charge in [0.05, 0.1) is 12.0 Å². The van der Waals surface area contributed by atoms with Gasteiger partial charge in [0.25, 0.3) is 0 Å². The van der Waals surface area contributed by atoms with E-state index in [2.05, 4.69) is 10.2 Å². The second-order valence-electron chi connectivity index (χ2n) is 13.2. The summed E-state index contributed by atoms with van der Waals surface area (Å²) in [5.74, 6) is 0.885. The molecular formula is C37H62N3O13PS. The molecule has 0 radical (unpaired) electrons. The van der Waals surface area contributed by atoms with Crippen LogP contribution in [0.3, 0.4) is 0 Å². The van der Waals surface area contributed by atoms with E-state index in [4.69, 9.17) is 34.2 Å². The number of rotatable bonds is 17. The van der Waals surface area contributed by atoms with E-state index in [1.165, 1.54) is 23.5 Å². The van der Waals surface area contributed by atoms with Crippen LogP contribution in [0.25, 0.3) is 0 Å². The molecule has 0 saturated carbocycles. The first kappa shape index (κ1) is 49.7. The van der Waals surface area contributed by atoms with Gasteiger partial charge in [0.1, 0.15) is 11.5 Å². The number of nitrogens with one attached hydrogen (secondary N) is 1. The van der Waals surface area contributed by atoms with Crippen LogP contribution in [0, 0.1) is 11.8 Å². The summed E-state index contributed by atoms with van der Waals surface area (Å²) in [7, 11) is -6.58. The van der Waals surface area contributed by atoms with Crippen LogP contribution < -0.4 is 14.8 Å². The molecule has 0 unspecified atom stereocenters. The largest absolute Gasteiger partial charge is 0.497 e. The molecule has 2 heterocycles. The fraction of sp³-hybridized carbons (Fsp3) is 0.622. The summed E-state index contributed by atoms with van der Waals surface area (Å²) in [5, 5.41) is 28.2. The first-order chi connectivity index (χ1) is 26.0. The SMILES string of the molecule is CC.CCC(=O)O.COc1ccc(S(=O)(=O)N(CC[C@H](CN2CCc3cc(OCP(=O)(O)O)ccc3C2)NC(=O)O)CC(C)C)cc1.OCC[C@H]1CCOC1. The first-order valence-corrected chi connectivity index (χ1v) is 21.8. The average Bonchev–Trinajstić information content (AvgIpc) is 3.66. The Balaban J connectivity index is 0.000000844. The number of nitrogens with zero attached hydrogens (tertiary/aromatic N) is 2. The quantitative estimate of drug-likeness (QED) is 0.117. The Hall–Kier alpha value is -3.28. The second kappa shape index (κ2) is 25.8. The third-order valence-electron chi connectivity index (χ3n) is 8.33. The van der Waals surface area contributed by atoms with E-state index in [1.807, 2.05) is 33.8 Å². The third-order valence-corrected chi connectivity index (χ3v) is 10.7. The van der Waals surface area contributed by atoms with E-state index >= 15 is 0 Å². The molecule has 1 saturated heterocycles. The first-order valence-electron chi connectivity index (χ1n) is 18.5. The molecule has 1 amide bonds. The minimum Gasteiger partial charge on any atom is -0.497 e. The summed E-state index contributed by atoms with van der Waals surface area (Å²) < 4.78 is 54.8. The number of hydrogen-bond acceptors (Lipinski definition) is 10. The van der Waals surface area contributed by atoms with Crippen LogP contribution >= 0.6 is 7.60 Å². The number of amides is 1. The molecule has 16 nitrogen and oxygen atoms in total. The fourth-order valence-corrected chi connectivity index (χ4v) is 7.53. The van der Waals surface area contributed by atoms with E-state index in [-0.39, 0.29) is 36.7 Å². The maximum Gasteiger partial charge on any atom is 0.404 e. The molecule has 55 heavy (non-hydrogen) atoms. The van der Waals surface area contributed by atoms with Crippen molar-refractivity contribution in [2.45, 2.75) is 84.2 Å². The lowest BCUT2D eigenvalue weighted by Crippen LogP contribution is -2.47. The van der Waals surface area contributed by atoms with Crippen LogP contribution in [-0.4, -0.2) is 120 Å². The summed E-state index contributed by atoms with van der Waals surface area (Å²) in [6.07, 6.45) is 1.34. The van der Waals surface area contributed by atoms with Crippen molar-refractivity contribution in [2.24, 2.45) is 11.8 Å². The number of carbonyl (C=O) groups is 2. The number of carboxylic acids is 1. The number of benzene rings is 2. The van der Waals surface area contributed by atoms with E-state index in [9.17, 15) is 27.7 Å². The monoisotopic (exact) mass is 819 g/mol. The lowest BCUT2D eigenvalue weighted by molar-refractivity contribution is -0.136. The Bertz CT molecular complexity index is 1570. The van der Waals surface area contributed by atoms with Gasteiger partial charge in [-0.1, -0.05) is 40.7 Å². The molecule has 4 rings (SSSR count). The number of aliphatic carboxylic acids is 1. The molecule has 2 aromatic rings. The van der Waals surface area contributed by atoms with Gasteiger partial charge in [0, 0.05) is 65.0 Å². The van der Waals surface area contributed by atoms with E-state index in [0.29, 0.717) is 50.1 Å². The zero-order chi connectivity index (χ0) is 41.6. The molecular weight excluding hydrogens is 757 g/mol. The van der Waals surface area contributed by atoms with Crippen molar-refractivity contribution in [2.75, 3.05) is 59.5 Å². The molecule has 314 valence electrons. The van der Waals surface area contributed by atoms with E-state index in [0.717, 1.165) is 37.2 Å². The smallest absolute Gasteiger partial charge is 0.404 e. The number of methoxy groups -OCH3 is 1. The van der Waals surface area contributed by atoms with Crippen LogP contribution in [-0.2, 0) is 37.1 Å². The molecule has 0 aromatic heterocycles. The van der Waals surface area contributed by atoms with E-state index in [1.54, 1.807) is 31.2 Å². The predicted octanol–water partition coefficient (Wildman–Crippen LogP) is 4.85. The molecule has 2 aliphatic heterocycles. The van der Waals surface area contributed by atoms with Crippen LogP contribution in [0.15, 0.2) is 47.4 Å². The molecule has 0 spiro atoms. The molecule has 1 fully saturated rings. The van der Waals surface area contributed by atoms with E-state index < -0.39 is 42.1 Å². The fourth-order valence-electron chi connectivity index (χ4n) is 5.59. The van der Waals surface area contributed by atoms with Crippen LogP contribution in [0.1, 0.15) is 71.4 Å². The lowest BCUT2D eigenvalue weighted by Gasteiger charge is -2.33. The molecule has 2 atom stereocenters. The molecule has 6 N–H and O–H groups in total. The van der Waals surface area contributed by atoms with Gasteiger partial charge in [-0.3, -0.25) is 14.3 Å². The Morgan fingerprint density at radius 3 is 2.22 bits per heavy atom. The topological polar surface area (TPSA) is 233 Å². The number of aliphatic hydroxyl groups excluding tert-OH is 1. The van der Waals surface area contributed by atoms with Crippen LogP contribution in [0.4, 0.5) is 4.79 Å². The molecule has 2 aromatic carbocycles.